The van der Waals surface area contributed by atoms with Gasteiger partial charge in [0.15, 0.2) is 0 Å². The standard InChI is InChI=1S/C10H18O3/c1-7(2)6-9(10(12)13)5-4-8(3)11/h7,9H,4-6H2,1-3H3,(H,12,13). The van der Waals surface area contributed by atoms with Gasteiger partial charge in [0.25, 0.3) is 0 Å². The van der Waals surface area contributed by atoms with Crippen molar-refractivity contribution >= 4 is 11.8 Å². The highest BCUT2D eigenvalue weighted by molar-refractivity contribution is 5.76. The Morgan fingerprint density at radius 1 is 1.31 bits per heavy atom. The van der Waals surface area contributed by atoms with Crippen molar-refractivity contribution in [2.45, 2.75) is 40.0 Å². The summed E-state index contributed by atoms with van der Waals surface area (Å²) in [4.78, 5) is 21.4. The summed E-state index contributed by atoms with van der Waals surface area (Å²) < 4.78 is 0. The van der Waals surface area contributed by atoms with Crippen molar-refractivity contribution in [3.05, 3.63) is 0 Å². The third-order valence-corrected chi connectivity index (χ3v) is 1.95. The molecule has 13 heavy (non-hydrogen) atoms. The minimum absolute atomic E-state index is 0.0648. The molecule has 0 saturated heterocycles. The zero-order valence-electron chi connectivity index (χ0n) is 8.54. The van der Waals surface area contributed by atoms with Crippen LogP contribution in [0.3, 0.4) is 0 Å². The summed E-state index contributed by atoms with van der Waals surface area (Å²) in [6.07, 6.45) is 1.51. The van der Waals surface area contributed by atoms with E-state index in [9.17, 15) is 9.59 Å². The maximum Gasteiger partial charge on any atom is 0.306 e. The van der Waals surface area contributed by atoms with E-state index >= 15 is 0 Å². The van der Waals surface area contributed by atoms with E-state index < -0.39 is 5.97 Å². The largest absolute Gasteiger partial charge is 0.481 e. The quantitative estimate of drug-likeness (QED) is 0.691. The SMILES string of the molecule is CC(=O)CCC(CC(C)C)C(=O)O. The van der Waals surface area contributed by atoms with Crippen LogP contribution in [-0.4, -0.2) is 16.9 Å². The molecule has 0 aromatic heterocycles. The number of carbonyl (C=O) groups excluding carboxylic acids is 1. The van der Waals surface area contributed by atoms with Gasteiger partial charge >= 0.3 is 5.97 Å². The Hall–Kier alpha value is -0.860. The molecule has 1 atom stereocenters. The van der Waals surface area contributed by atoms with Gasteiger partial charge in [0, 0.05) is 6.42 Å². The molecule has 3 heteroatoms. The normalized spacial score (nSPS) is 12.9. The van der Waals surface area contributed by atoms with Crippen LogP contribution in [0.1, 0.15) is 40.0 Å². The van der Waals surface area contributed by atoms with Gasteiger partial charge in [-0.3, -0.25) is 4.79 Å². The molecule has 0 aliphatic carbocycles. The lowest BCUT2D eigenvalue weighted by Gasteiger charge is -2.13. The fourth-order valence-electron chi connectivity index (χ4n) is 1.29. The minimum Gasteiger partial charge on any atom is -0.481 e. The van der Waals surface area contributed by atoms with Crippen LogP contribution < -0.4 is 0 Å². The summed E-state index contributed by atoms with van der Waals surface area (Å²) in [5, 5.41) is 8.82. The molecule has 0 heterocycles. The summed E-state index contributed by atoms with van der Waals surface area (Å²) in [6.45, 7) is 5.47. The molecule has 0 aromatic rings. The molecule has 0 aliphatic rings. The number of carboxylic acid groups (broad SMARTS) is 1. The van der Waals surface area contributed by atoms with Gasteiger partial charge in [-0.15, -0.1) is 0 Å². The van der Waals surface area contributed by atoms with Gasteiger partial charge in [-0.2, -0.15) is 0 Å². The Bertz CT molecular complexity index is 185. The number of hydrogen-bond acceptors (Lipinski definition) is 2. The van der Waals surface area contributed by atoms with Crippen LogP contribution in [0.5, 0.6) is 0 Å². The summed E-state index contributed by atoms with van der Waals surface area (Å²) >= 11 is 0. The van der Waals surface area contributed by atoms with Gasteiger partial charge < -0.3 is 9.90 Å². The first-order valence-corrected chi connectivity index (χ1v) is 4.65. The molecule has 3 nitrogen and oxygen atoms in total. The maximum atomic E-state index is 10.7. The van der Waals surface area contributed by atoms with Crippen molar-refractivity contribution in [1.29, 1.82) is 0 Å². The van der Waals surface area contributed by atoms with E-state index in [-0.39, 0.29) is 11.7 Å². The molecular formula is C10H18O3. The van der Waals surface area contributed by atoms with Gasteiger partial charge in [0.1, 0.15) is 5.78 Å². The number of carbonyl (C=O) groups is 2. The second-order valence-corrected chi connectivity index (χ2v) is 3.91. The van der Waals surface area contributed by atoms with Crippen LogP contribution in [0.4, 0.5) is 0 Å². The Labute approximate surface area is 79.1 Å². The van der Waals surface area contributed by atoms with Gasteiger partial charge in [0.05, 0.1) is 5.92 Å². The van der Waals surface area contributed by atoms with Crippen LogP contribution in [0.25, 0.3) is 0 Å². The molecule has 0 radical (unpaired) electrons. The number of aliphatic carboxylic acids is 1. The fraction of sp³-hybridized carbons (Fsp3) is 0.800. The molecule has 0 rings (SSSR count). The van der Waals surface area contributed by atoms with Gasteiger partial charge in [0.2, 0.25) is 0 Å². The number of ketones is 1. The van der Waals surface area contributed by atoms with Gasteiger partial charge in [-0.05, 0) is 25.7 Å². The second-order valence-electron chi connectivity index (χ2n) is 3.91. The van der Waals surface area contributed by atoms with Crippen LogP contribution in [-0.2, 0) is 9.59 Å². The fourth-order valence-corrected chi connectivity index (χ4v) is 1.29. The zero-order chi connectivity index (χ0) is 10.4. The first kappa shape index (κ1) is 12.1. The summed E-state index contributed by atoms with van der Waals surface area (Å²) in [7, 11) is 0. The topological polar surface area (TPSA) is 54.4 Å². The average molecular weight is 186 g/mol. The molecule has 0 amide bonds. The highest BCUT2D eigenvalue weighted by Crippen LogP contribution is 2.17. The molecule has 0 saturated carbocycles. The lowest BCUT2D eigenvalue weighted by Crippen LogP contribution is -2.16. The highest BCUT2D eigenvalue weighted by atomic mass is 16.4. The highest BCUT2D eigenvalue weighted by Gasteiger charge is 2.18. The molecule has 0 bridgehead atoms. The number of Topliss-reactive ketones (excluding diaryl/α,β-unsaturated/α-hetero) is 1. The predicted molar refractivity (Wildman–Crippen MR) is 50.5 cm³/mol. The van der Waals surface area contributed by atoms with Crippen molar-refractivity contribution < 1.29 is 14.7 Å². The van der Waals surface area contributed by atoms with Crippen LogP contribution in [0, 0.1) is 11.8 Å². The molecule has 76 valence electrons. The molecule has 0 aliphatic heterocycles. The summed E-state index contributed by atoms with van der Waals surface area (Å²) in [5.41, 5.74) is 0. The molecule has 0 spiro atoms. The van der Waals surface area contributed by atoms with Crippen molar-refractivity contribution in [1.82, 2.24) is 0 Å². The maximum absolute atomic E-state index is 10.7. The van der Waals surface area contributed by atoms with E-state index in [1.165, 1.54) is 6.92 Å². The van der Waals surface area contributed by atoms with Crippen molar-refractivity contribution in [2.75, 3.05) is 0 Å². The Morgan fingerprint density at radius 3 is 2.15 bits per heavy atom. The molecule has 0 aromatic carbocycles. The van der Waals surface area contributed by atoms with E-state index in [1.54, 1.807) is 0 Å². The monoisotopic (exact) mass is 186 g/mol. The predicted octanol–water partition coefficient (Wildman–Crippen LogP) is 2.10. The van der Waals surface area contributed by atoms with Crippen molar-refractivity contribution in [3.63, 3.8) is 0 Å². The van der Waals surface area contributed by atoms with Crippen LogP contribution in [0.2, 0.25) is 0 Å². The number of rotatable bonds is 6. The zero-order valence-corrected chi connectivity index (χ0v) is 8.54. The molecule has 1 N–H and O–H groups in total. The third-order valence-electron chi connectivity index (χ3n) is 1.95. The number of hydrogen-bond donors (Lipinski definition) is 1. The Kier molecular flexibility index (Phi) is 5.35. The summed E-state index contributed by atoms with van der Waals surface area (Å²) in [5.74, 6) is -0.707. The van der Waals surface area contributed by atoms with Gasteiger partial charge in [-0.1, -0.05) is 13.8 Å². The minimum atomic E-state index is -0.782. The second kappa shape index (κ2) is 5.73. The van der Waals surface area contributed by atoms with Gasteiger partial charge in [-0.25, -0.2) is 0 Å². The first-order chi connectivity index (χ1) is 5.93. The van der Waals surface area contributed by atoms with Crippen LogP contribution in [0.15, 0.2) is 0 Å². The van der Waals surface area contributed by atoms with Crippen LogP contribution >= 0.6 is 0 Å². The average Bonchev–Trinajstić information content (AvgIpc) is 1.96. The van der Waals surface area contributed by atoms with E-state index in [1.807, 2.05) is 13.8 Å². The molecule has 1 unspecified atom stereocenters. The van der Waals surface area contributed by atoms with Crippen molar-refractivity contribution in [2.24, 2.45) is 11.8 Å². The van der Waals surface area contributed by atoms with E-state index in [2.05, 4.69) is 0 Å². The van der Waals surface area contributed by atoms with E-state index in [4.69, 9.17) is 5.11 Å². The number of carboxylic acids is 1. The smallest absolute Gasteiger partial charge is 0.306 e. The Morgan fingerprint density at radius 2 is 1.85 bits per heavy atom. The van der Waals surface area contributed by atoms with Crippen molar-refractivity contribution in [3.8, 4) is 0 Å². The third kappa shape index (κ3) is 6.31. The van der Waals surface area contributed by atoms with E-state index in [0.717, 1.165) is 0 Å². The molecular weight excluding hydrogens is 168 g/mol. The van der Waals surface area contributed by atoms with E-state index in [0.29, 0.717) is 25.2 Å². The first-order valence-electron chi connectivity index (χ1n) is 4.65. The lowest BCUT2D eigenvalue weighted by molar-refractivity contribution is -0.142. The molecule has 0 fully saturated rings. The lowest BCUT2D eigenvalue weighted by atomic mass is 9.92. The Balaban J connectivity index is 3.95. The summed E-state index contributed by atoms with van der Waals surface area (Å²) in [6, 6.07) is 0.